The number of aliphatic hydroxyl groups is 1. The maximum absolute atomic E-state index is 12.7. The van der Waals surface area contributed by atoms with E-state index in [1.807, 2.05) is 0 Å². The van der Waals surface area contributed by atoms with Crippen LogP contribution in [0.5, 0.6) is 0 Å². The van der Waals surface area contributed by atoms with Crippen LogP contribution in [0.3, 0.4) is 0 Å². The topological polar surface area (TPSA) is 237 Å². The van der Waals surface area contributed by atoms with Gasteiger partial charge < -0.3 is 33.8 Å². The summed E-state index contributed by atoms with van der Waals surface area (Å²) in [6.45, 7) is 4.27. The number of phosphoric ester groups is 2. The fourth-order valence-corrected chi connectivity index (χ4v) is 8.07. The molecule has 0 bridgehead atoms. The Morgan fingerprint density at radius 1 is 0.369 bits per heavy atom. The molecular weight excluding hydrogens is 886 g/mol. The third kappa shape index (κ3) is 41.9. The summed E-state index contributed by atoms with van der Waals surface area (Å²) >= 11 is 0. The molecule has 0 aromatic carbocycles. The Kier molecular flexibility index (Phi) is 40.9. The first-order valence-electron chi connectivity index (χ1n) is 24.8. The Bertz CT molecular complexity index is 1300. The van der Waals surface area contributed by atoms with Gasteiger partial charge in [-0.2, -0.15) is 0 Å². The Balaban J connectivity index is 5.04. The first-order valence-corrected chi connectivity index (χ1v) is 27.8. The number of esters is 4. The van der Waals surface area contributed by atoms with E-state index in [1.165, 1.54) is 38.5 Å². The average molecular weight is 975 g/mol. The molecule has 0 aromatic heterocycles. The molecule has 0 aliphatic rings. The van der Waals surface area contributed by atoms with Gasteiger partial charge in [-0.1, -0.05) is 163 Å². The molecule has 17 nitrogen and oxygen atoms in total. The van der Waals surface area contributed by atoms with E-state index in [4.69, 9.17) is 37.0 Å². The molecule has 0 aliphatic heterocycles. The van der Waals surface area contributed by atoms with Crippen LogP contribution in [0.2, 0.25) is 0 Å². The lowest BCUT2D eigenvalue weighted by Crippen LogP contribution is -2.30. The van der Waals surface area contributed by atoms with Gasteiger partial charge in [-0.15, -0.1) is 0 Å². The summed E-state index contributed by atoms with van der Waals surface area (Å²) in [5.41, 5.74) is 0. The summed E-state index contributed by atoms with van der Waals surface area (Å²) in [4.78, 5) is 70.2. The average Bonchev–Trinajstić information content (AvgIpc) is 3.27. The molecule has 0 radical (unpaired) electrons. The number of hydrogen-bond acceptors (Lipinski definition) is 15. The van der Waals surface area contributed by atoms with Crippen molar-refractivity contribution in [1.29, 1.82) is 0 Å². The normalized spacial score (nSPS) is 14.8. The minimum Gasteiger partial charge on any atom is -0.462 e. The SMILES string of the molecule is CCCCCCCCCCCCC(=O)OC[C@H](COP(=O)(O)OC[C@@H](O)COP(=O)(O)OC[C@@H](COC(=O)CCC)OC(=O)CCCCCCCCC)OC(=O)CCCCCCCCC. The molecule has 0 rings (SSSR count). The number of unbranched alkanes of at least 4 members (excludes halogenated alkanes) is 21. The summed E-state index contributed by atoms with van der Waals surface area (Å²) in [5.74, 6) is -2.23. The van der Waals surface area contributed by atoms with Crippen LogP contribution in [0.25, 0.3) is 0 Å². The van der Waals surface area contributed by atoms with Crippen molar-refractivity contribution in [2.24, 2.45) is 0 Å². The fraction of sp³-hybridized carbons (Fsp3) is 0.913. The maximum atomic E-state index is 12.7. The predicted octanol–water partition coefficient (Wildman–Crippen LogP) is 10.9. The molecule has 0 aliphatic carbocycles. The molecule has 0 saturated heterocycles. The van der Waals surface area contributed by atoms with Crippen LogP contribution in [0.4, 0.5) is 0 Å². The zero-order valence-electron chi connectivity index (χ0n) is 40.4. The number of rotatable bonds is 47. The van der Waals surface area contributed by atoms with Crippen LogP contribution in [0.1, 0.15) is 214 Å². The smallest absolute Gasteiger partial charge is 0.462 e. The second kappa shape index (κ2) is 42.2. The van der Waals surface area contributed by atoms with Gasteiger partial charge in [0.2, 0.25) is 0 Å². The molecule has 19 heteroatoms. The van der Waals surface area contributed by atoms with E-state index < -0.39 is 97.5 Å². The minimum absolute atomic E-state index is 0.100. The van der Waals surface area contributed by atoms with Gasteiger partial charge in [-0.3, -0.25) is 37.3 Å². The molecule has 65 heavy (non-hydrogen) atoms. The highest BCUT2D eigenvalue weighted by molar-refractivity contribution is 7.47. The summed E-state index contributed by atoms with van der Waals surface area (Å²) in [5, 5.41) is 10.3. The minimum atomic E-state index is -4.91. The van der Waals surface area contributed by atoms with Crippen molar-refractivity contribution in [3.8, 4) is 0 Å². The number of carbonyl (C=O) groups excluding carboxylic acids is 4. The van der Waals surface area contributed by atoms with E-state index in [0.29, 0.717) is 25.7 Å². The van der Waals surface area contributed by atoms with Crippen LogP contribution < -0.4 is 0 Å². The van der Waals surface area contributed by atoms with Crippen molar-refractivity contribution in [1.82, 2.24) is 0 Å². The molecule has 384 valence electrons. The summed E-state index contributed by atoms with van der Waals surface area (Å²) in [7, 11) is -9.81. The summed E-state index contributed by atoms with van der Waals surface area (Å²) in [6, 6.07) is 0. The highest BCUT2D eigenvalue weighted by Gasteiger charge is 2.30. The standard InChI is InChI=1S/C46H88O17P2/c1-5-9-12-15-18-19-20-23-24-27-31-44(49)57-37-42(63-46(51)33-29-26-22-17-14-11-7-3)39-61-65(54,55)59-35-40(47)34-58-64(52,53)60-38-41(36-56-43(48)30-8-4)62-45(50)32-28-25-21-16-13-10-6-2/h40-42,47H,5-39H2,1-4H3,(H,52,53)(H,54,55)/t40-,41+,42+/m0/s1. The maximum Gasteiger partial charge on any atom is 0.472 e. The van der Waals surface area contributed by atoms with Crippen molar-refractivity contribution in [3.63, 3.8) is 0 Å². The van der Waals surface area contributed by atoms with Crippen molar-refractivity contribution in [3.05, 3.63) is 0 Å². The lowest BCUT2D eigenvalue weighted by molar-refractivity contribution is -0.161. The first kappa shape index (κ1) is 63.1. The lowest BCUT2D eigenvalue weighted by Gasteiger charge is -2.21. The Morgan fingerprint density at radius 3 is 0.969 bits per heavy atom. The molecule has 0 saturated carbocycles. The Morgan fingerprint density at radius 2 is 0.646 bits per heavy atom. The molecule has 2 unspecified atom stereocenters. The molecule has 3 N–H and O–H groups in total. The fourth-order valence-electron chi connectivity index (χ4n) is 6.49. The van der Waals surface area contributed by atoms with E-state index >= 15 is 0 Å². The van der Waals surface area contributed by atoms with Gasteiger partial charge in [-0.05, 0) is 25.7 Å². The van der Waals surface area contributed by atoms with E-state index in [2.05, 4.69) is 20.8 Å². The molecule has 0 fully saturated rings. The monoisotopic (exact) mass is 975 g/mol. The van der Waals surface area contributed by atoms with Gasteiger partial charge in [0.25, 0.3) is 0 Å². The van der Waals surface area contributed by atoms with Gasteiger partial charge in [0.1, 0.15) is 19.3 Å². The third-order valence-electron chi connectivity index (χ3n) is 10.3. The largest absolute Gasteiger partial charge is 0.472 e. The number of ether oxygens (including phenoxy) is 4. The predicted molar refractivity (Wildman–Crippen MR) is 248 cm³/mol. The Hall–Kier alpha value is -1.94. The van der Waals surface area contributed by atoms with Crippen LogP contribution in [0.15, 0.2) is 0 Å². The van der Waals surface area contributed by atoms with Crippen LogP contribution in [-0.4, -0.2) is 96.7 Å². The molecule has 0 amide bonds. The zero-order valence-corrected chi connectivity index (χ0v) is 42.2. The van der Waals surface area contributed by atoms with Crippen molar-refractivity contribution in [2.45, 2.75) is 232 Å². The number of carbonyl (C=O) groups is 4. The molecule has 0 heterocycles. The van der Waals surface area contributed by atoms with Crippen LogP contribution in [0, 0.1) is 0 Å². The van der Waals surface area contributed by atoms with Crippen molar-refractivity contribution in [2.75, 3.05) is 39.6 Å². The second-order valence-corrected chi connectivity index (χ2v) is 19.7. The van der Waals surface area contributed by atoms with Crippen molar-refractivity contribution >= 4 is 39.5 Å². The second-order valence-electron chi connectivity index (χ2n) is 16.8. The van der Waals surface area contributed by atoms with E-state index in [9.17, 15) is 43.2 Å². The van der Waals surface area contributed by atoms with Crippen molar-refractivity contribution < 1.29 is 80.2 Å². The highest BCUT2D eigenvalue weighted by Crippen LogP contribution is 2.45. The van der Waals surface area contributed by atoms with Gasteiger partial charge in [0.15, 0.2) is 12.2 Å². The third-order valence-corrected chi connectivity index (χ3v) is 12.2. The van der Waals surface area contributed by atoms with E-state index in [1.54, 1.807) is 6.92 Å². The van der Waals surface area contributed by atoms with Gasteiger partial charge in [0.05, 0.1) is 26.4 Å². The zero-order chi connectivity index (χ0) is 48.4. The number of aliphatic hydroxyl groups excluding tert-OH is 1. The molecule has 0 spiro atoms. The van der Waals surface area contributed by atoms with Gasteiger partial charge >= 0.3 is 39.5 Å². The van der Waals surface area contributed by atoms with E-state index in [0.717, 1.165) is 96.3 Å². The van der Waals surface area contributed by atoms with Gasteiger partial charge in [0, 0.05) is 25.7 Å². The van der Waals surface area contributed by atoms with Crippen LogP contribution in [-0.2, 0) is 65.4 Å². The van der Waals surface area contributed by atoms with Crippen LogP contribution >= 0.6 is 15.6 Å². The molecular formula is C46H88O17P2. The Labute approximate surface area is 390 Å². The van der Waals surface area contributed by atoms with Gasteiger partial charge in [-0.25, -0.2) is 9.13 Å². The number of phosphoric acid groups is 2. The molecule has 0 aromatic rings. The van der Waals surface area contributed by atoms with E-state index in [-0.39, 0.29) is 25.7 Å². The summed E-state index contributed by atoms with van der Waals surface area (Å²) < 4.78 is 66.3. The quantitative estimate of drug-likeness (QED) is 0.0222. The molecule has 5 atom stereocenters. The summed E-state index contributed by atoms with van der Waals surface area (Å²) in [6.07, 6.45) is 21.7. The highest BCUT2D eigenvalue weighted by atomic mass is 31.2. The number of hydrogen-bond donors (Lipinski definition) is 3. The lowest BCUT2D eigenvalue weighted by atomic mass is 10.1. The first-order chi connectivity index (χ1) is 31.2.